The molecule has 0 saturated heterocycles. The van der Waals surface area contributed by atoms with Gasteiger partial charge in [0.25, 0.3) is 5.91 Å². The topological polar surface area (TPSA) is 153 Å². The number of hydrogen-bond acceptors (Lipinski definition) is 6. The Kier molecular flexibility index (Phi) is 8.07. The van der Waals surface area contributed by atoms with Crippen LogP contribution < -0.4 is 10.6 Å². The first-order chi connectivity index (χ1) is 12.6. The van der Waals surface area contributed by atoms with Gasteiger partial charge in [-0.3, -0.25) is 14.4 Å². The van der Waals surface area contributed by atoms with Gasteiger partial charge >= 0.3 is 5.97 Å². The molecule has 5 N–H and O–H groups in total. The Labute approximate surface area is 156 Å². The second kappa shape index (κ2) is 9.79. The van der Waals surface area contributed by atoms with Crippen molar-refractivity contribution in [2.24, 2.45) is 5.41 Å². The summed E-state index contributed by atoms with van der Waals surface area (Å²) in [6.07, 6.45) is -1.69. The third-order valence-corrected chi connectivity index (χ3v) is 3.95. The van der Waals surface area contributed by atoms with E-state index < -0.39 is 41.7 Å². The van der Waals surface area contributed by atoms with Crippen molar-refractivity contribution in [3.8, 4) is 0 Å². The van der Waals surface area contributed by atoms with Crippen LogP contribution in [0.1, 0.15) is 36.2 Å². The van der Waals surface area contributed by atoms with Crippen LogP contribution in [-0.4, -0.2) is 58.1 Å². The zero-order valence-corrected chi connectivity index (χ0v) is 15.2. The smallest absolute Gasteiger partial charge is 0.335 e. The van der Waals surface area contributed by atoms with Gasteiger partial charge in [-0.1, -0.05) is 26.0 Å². The van der Waals surface area contributed by atoms with Gasteiger partial charge in [0.1, 0.15) is 6.10 Å². The molecule has 2 amide bonds. The highest BCUT2D eigenvalue weighted by Crippen LogP contribution is 2.19. The summed E-state index contributed by atoms with van der Waals surface area (Å²) in [5.41, 5.74) is -0.283. The lowest BCUT2D eigenvalue weighted by atomic mass is 9.87. The van der Waals surface area contributed by atoms with Gasteiger partial charge < -0.3 is 26.0 Å². The van der Waals surface area contributed by atoms with E-state index in [1.165, 1.54) is 38.1 Å². The number of aromatic carboxylic acids is 1. The van der Waals surface area contributed by atoms with E-state index in [4.69, 9.17) is 10.2 Å². The number of benzene rings is 1. The molecule has 0 bridgehead atoms. The van der Waals surface area contributed by atoms with E-state index in [0.717, 1.165) is 0 Å². The van der Waals surface area contributed by atoms with Gasteiger partial charge in [0.05, 0.1) is 12.2 Å². The summed E-state index contributed by atoms with van der Waals surface area (Å²) in [4.78, 5) is 46.0. The zero-order valence-electron chi connectivity index (χ0n) is 15.2. The van der Waals surface area contributed by atoms with Crippen molar-refractivity contribution in [3.63, 3.8) is 0 Å². The monoisotopic (exact) mass is 380 g/mol. The van der Waals surface area contributed by atoms with Crippen molar-refractivity contribution < 1.29 is 34.5 Å². The molecule has 0 spiro atoms. The molecule has 0 aliphatic carbocycles. The second-order valence-electron chi connectivity index (χ2n) is 6.70. The minimum atomic E-state index is -1.44. The van der Waals surface area contributed by atoms with Crippen LogP contribution in [0.2, 0.25) is 0 Å². The average molecular weight is 380 g/mol. The molecule has 9 heteroatoms. The van der Waals surface area contributed by atoms with Crippen LogP contribution in [0.5, 0.6) is 0 Å². The molecular weight excluding hydrogens is 356 g/mol. The molecule has 0 heterocycles. The maximum atomic E-state index is 11.8. The van der Waals surface area contributed by atoms with Crippen molar-refractivity contribution in [2.75, 3.05) is 13.2 Å². The van der Waals surface area contributed by atoms with Crippen molar-refractivity contribution in [1.29, 1.82) is 0 Å². The van der Waals surface area contributed by atoms with Gasteiger partial charge in [0, 0.05) is 24.9 Å². The summed E-state index contributed by atoms with van der Waals surface area (Å²) in [5, 5.41) is 32.5. The number of aliphatic hydroxyl groups excluding tert-OH is 2. The third kappa shape index (κ3) is 6.80. The van der Waals surface area contributed by atoms with Gasteiger partial charge in [0.2, 0.25) is 11.7 Å². The molecule has 1 unspecified atom stereocenters. The Hall–Kier alpha value is -2.78. The molecule has 148 valence electrons. The molecule has 9 nitrogen and oxygen atoms in total. The van der Waals surface area contributed by atoms with Gasteiger partial charge in [-0.25, -0.2) is 4.79 Å². The Morgan fingerprint density at radius 1 is 1.07 bits per heavy atom. The van der Waals surface area contributed by atoms with Gasteiger partial charge in [-0.2, -0.15) is 0 Å². The van der Waals surface area contributed by atoms with E-state index in [1.54, 1.807) is 0 Å². The lowest BCUT2D eigenvalue weighted by Gasteiger charge is -2.27. The van der Waals surface area contributed by atoms with Crippen LogP contribution in [0.25, 0.3) is 0 Å². The SMILES string of the molecule is CC(C)(CO)C(O)C(=O)NCCC(=O)C(=O)NCc1ccc(C(=O)O)cc1. The molecule has 0 radical (unpaired) electrons. The van der Waals surface area contributed by atoms with Gasteiger partial charge in [0.15, 0.2) is 0 Å². The number of carbonyl (C=O) groups excluding carboxylic acids is 3. The molecule has 1 aromatic rings. The highest BCUT2D eigenvalue weighted by Gasteiger charge is 2.32. The Balaban J connectivity index is 2.39. The van der Waals surface area contributed by atoms with E-state index in [9.17, 15) is 24.3 Å². The number of nitrogens with one attached hydrogen (secondary N) is 2. The number of amides is 2. The molecule has 0 fully saturated rings. The second-order valence-corrected chi connectivity index (χ2v) is 6.70. The average Bonchev–Trinajstić information content (AvgIpc) is 2.65. The van der Waals surface area contributed by atoms with Gasteiger partial charge in [-0.05, 0) is 17.7 Å². The van der Waals surface area contributed by atoms with Crippen molar-refractivity contribution in [1.82, 2.24) is 10.6 Å². The lowest BCUT2D eigenvalue weighted by Crippen LogP contribution is -2.46. The lowest BCUT2D eigenvalue weighted by molar-refractivity contribution is -0.139. The first kappa shape index (κ1) is 22.3. The minimum absolute atomic E-state index is 0.0558. The number of carboxylic acids is 1. The number of ketones is 1. The molecular formula is C18H24N2O7. The van der Waals surface area contributed by atoms with Crippen LogP contribution in [0.3, 0.4) is 0 Å². The number of carbonyl (C=O) groups is 4. The first-order valence-electron chi connectivity index (χ1n) is 8.28. The highest BCUT2D eigenvalue weighted by atomic mass is 16.4. The Morgan fingerprint density at radius 3 is 2.19 bits per heavy atom. The Bertz CT molecular complexity index is 698. The summed E-state index contributed by atoms with van der Waals surface area (Å²) >= 11 is 0. The molecule has 1 aromatic carbocycles. The molecule has 27 heavy (non-hydrogen) atoms. The zero-order chi connectivity index (χ0) is 20.6. The molecule has 0 aliphatic rings. The summed E-state index contributed by atoms with van der Waals surface area (Å²) in [5.74, 6) is -3.37. The molecule has 0 saturated carbocycles. The summed E-state index contributed by atoms with van der Waals surface area (Å²) in [7, 11) is 0. The van der Waals surface area contributed by atoms with E-state index >= 15 is 0 Å². The van der Waals surface area contributed by atoms with E-state index in [1.807, 2.05) is 0 Å². The number of rotatable bonds is 10. The first-order valence-corrected chi connectivity index (χ1v) is 8.28. The predicted octanol–water partition coefficient (Wildman–Crippen LogP) is -0.544. The van der Waals surface area contributed by atoms with E-state index in [0.29, 0.717) is 5.56 Å². The fourth-order valence-electron chi connectivity index (χ4n) is 2.00. The van der Waals surface area contributed by atoms with Crippen LogP contribution in [0, 0.1) is 5.41 Å². The fourth-order valence-corrected chi connectivity index (χ4v) is 2.00. The Morgan fingerprint density at radius 2 is 1.67 bits per heavy atom. The van der Waals surface area contributed by atoms with Crippen molar-refractivity contribution in [3.05, 3.63) is 35.4 Å². The van der Waals surface area contributed by atoms with Crippen molar-refractivity contribution >= 4 is 23.6 Å². The van der Waals surface area contributed by atoms with E-state index in [-0.39, 0.29) is 25.1 Å². The number of hydrogen-bond donors (Lipinski definition) is 5. The summed E-state index contributed by atoms with van der Waals surface area (Å²) in [6.45, 7) is 2.56. The maximum absolute atomic E-state index is 11.8. The van der Waals surface area contributed by atoms with Crippen LogP contribution in [0.4, 0.5) is 0 Å². The normalized spacial score (nSPS) is 12.1. The number of Topliss-reactive ketones (excluding diaryl/α,β-unsaturated/α-hetero) is 1. The standard InChI is InChI=1S/C18H24N2O7/c1-18(2,10-21)14(23)16(25)19-8-7-13(22)15(24)20-9-11-3-5-12(6-4-11)17(26)27/h3-6,14,21,23H,7-10H2,1-2H3,(H,19,25)(H,20,24)(H,26,27). The van der Waals surface area contributed by atoms with Gasteiger partial charge in [-0.15, -0.1) is 0 Å². The molecule has 0 aliphatic heterocycles. The largest absolute Gasteiger partial charge is 0.478 e. The summed E-state index contributed by atoms with van der Waals surface area (Å²) in [6, 6.07) is 5.83. The highest BCUT2D eigenvalue weighted by molar-refractivity contribution is 6.36. The molecule has 1 atom stereocenters. The minimum Gasteiger partial charge on any atom is -0.478 e. The molecule has 0 aromatic heterocycles. The number of carboxylic acid groups (broad SMARTS) is 1. The van der Waals surface area contributed by atoms with Crippen LogP contribution in [-0.2, 0) is 20.9 Å². The number of aliphatic hydroxyl groups is 2. The molecule has 1 rings (SSSR count). The van der Waals surface area contributed by atoms with Crippen LogP contribution >= 0.6 is 0 Å². The third-order valence-electron chi connectivity index (χ3n) is 3.95. The van der Waals surface area contributed by atoms with E-state index in [2.05, 4.69) is 10.6 Å². The fraction of sp³-hybridized carbons (Fsp3) is 0.444. The quantitative estimate of drug-likeness (QED) is 0.342. The van der Waals surface area contributed by atoms with Crippen molar-refractivity contribution in [2.45, 2.75) is 32.9 Å². The maximum Gasteiger partial charge on any atom is 0.335 e. The van der Waals surface area contributed by atoms with Crippen LogP contribution in [0.15, 0.2) is 24.3 Å². The summed E-state index contributed by atoms with van der Waals surface area (Å²) < 4.78 is 0. The predicted molar refractivity (Wildman–Crippen MR) is 94.8 cm³/mol.